The van der Waals surface area contributed by atoms with E-state index >= 15 is 0 Å². The molecule has 1 aromatic carbocycles. The molecule has 3 fully saturated rings. The molecule has 1 amide bonds. The molecule has 0 bridgehead atoms. The lowest BCUT2D eigenvalue weighted by molar-refractivity contribution is -0.137. The van der Waals surface area contributed by atoms with Gasteiger partial charge in [0.05, 0.1) is 29.4 Å². The number of hydrogen-bond donors (Lipinski definition) is 1. The second-order valence-electron chi connectivity index (χ2n) is 9.88. The average Bonchev–Trinajstić information content (AvgIpc) is 3.60. The Morgan fingerprint density at radius 3 is 2.69 bits per heavy atom. The molecule has 0 radical (unpaired) electrons. The summed E-state index contributed by atoms with van der Waals surface area (Å²) < 4.78 is 1.75. The zero-order valence-electron chi connectivity index (χ0n) is 18.9. The van der Waals surface area contributed by atoms with Crippen molar-refractivity contribution >= 4 is 22.5 Å². The van der Waals surface area contributed by atoms with Crippen LogP contribution in [0.1, 0.15) is 32.6 Å². The second-order valence-corrected chi connectivity index (χ2v) is 9.88. The standard InChI is InChI=1S/C24H33N5O3/c1-18(30)28-8-2-7-24(32,16-28)15-26-9-11-27(12-10-26)20-5-6-21-22(13-20)25-17-29(23(21)31)14-19-3-4-19/h5-6,13,17,19,32H,2-4,7-12,14-16H2,1H3. The first kappa shape index (κ1) is 21.4. The highest BCUT2D eigenvalue weighted by Crippen LogP contribution is 2.30. The van der Waals surface area contributed by atoms with Gasteiger partial charge in [0.15, 0.2) is 0 Å². The summed E-state index contributed by atoms with van der Waals surface area (Å²) in [5.74, 6) is 0.678. The van der Waals surface area contributed by atoms with Gasteiger partial charge in [0, 0.05) is 58.4 Å². The summed E-state index contributed by atoms with van der Waals surface area (Å²) in [6.07, 6.45) is 5.71. The van der Waals surface area contributed by atoms with E-state index in [2.05, 4.69) is 14.8 Å². The third-order valence-electron chi connectivity index (χ3n) is 7.22. The molecule has 2 aromatic rings. The number of hydrogen-bond acceptors (Lipinski definition) is 6. The molecule has 1 N–H and O–H groups in total. The highest BCUT2D eigenvalue weighted by atomic mass is 16.3. The lowest BCUT2D eigenvalue weighted by Crippen LogP contribution is -2.58. The molecule has 1 aliphatic carbocycles. The van der Waals surface area contributed by atoms with Gasteiger partial charge in [0.2, 0.25) is 5.91 Å². The van der Waals surface area contributed by atoms with E-state index < -0.39 is 5.60 Å². The van der Waals surface area contributed by atoms with Crippen LogP contribution in [0, 0.1) is 5.92 Å². The first-order valence-corrected chi connectivity index (χ1v) is 11.8. The first-order valence-electron chi connectivity index (χ1n) is 11.8. The topological polar surface area (TPSA) is 81.9 Å². The van der Waals surface area contributed by atoms with E-state index in [9.17, 15) is 14.7 Å². The van der Waals surface area contributed by atoms with Gasteiger partial charge in [-0.1, -0.05) is 0 Å². The van der Waals surface area contributed by atoms with Gasteiger partial charge in [-0.05, 0) is 49.8 Å². The van der Waals surface area contributed by atoms with Crippen LogP contribution in [-0.2, 0) is 11.3 Å². The summed E-state index contributed by atoms with van der Waals surface area (Å²) in [4.78, 5) is 35.4. The Labute approximate surface area is 188 Å². The number of aliphatic hydroxyl groups is 1. The predicted octanol–water partition coefficient (Wildman–Crippen LogP) is 1.30. The van der Waals surface area contributed by atoms with Crippen LogP contribution in [0.4, 0.5) is 5.69 Å². The number of anilines is 1. The maximum atomic E-state index is 12.8. The molecule has 1 saturated carbocycles. The van der Waals surface area contributed by atoms with Crippen LogP contribution in [0.3, 0.4) is 0 Å². The van der Waals surface area contributed by atoms with Crippen molar-refractivity contribution in [3.63, 3.8) is 0 Å². The molecule has 2 aliphatic heterocycles. The van der Waals surface area contributed by atoms with E-state index in [0.717, 1.165) is 63.3 Å². The number of carbonyl (C=O) groups excluding carboxylic acids is 1. The van der Waals surface area contributed by atoms with Crippen LogP contribution in [0.5, 0.6) is 0 Å². The lowest BCUT2D eigenvalue weighted by Gasteiger charge is -2.44. The number of rotatable bonds is 5. The smallest absolute Gasteiger partial charge is 0.261 e. The lowest BCUT2D eigenvalue weighted by atomic mass is 9.92. The van der Waals surface area contributed by atoms with E-state index in [4.69, 9.17) is 0 Å². The number of amides is 1. The van der Waals surface area contributed by atoms with Crippen molar-refractivity contribution in [1.82, 2.24) is 19.4 Å². The van der Waals surface area contributed by atoms with Crippen molar-refractivity contribution in [1.29, 1.82) is 0 Å². The summed E-state index contributed by atoms with van der Waals surface area (Å²) in [6, 6.07) is 5.96. The molecule has 3 heterocycles. The SMILES string of the molecule is CC(=O)N1CCCC(O)(CN2CCN(c3ccc4c(=O)n(CC5CC5)cnc4c3)CC2)C1. The van der Waals surface area contributed by atoms with E-state index in [0.29, 0.717) is 24.4 Å². The summed E-state index contributed by atoms with van der Waals surface area (Å²) in [5.41, 5.74) is 1.07. The molecule has 32 heavy (non-hydrogen) atoms. The Kier molecular flexibility index (Phi) is 5.67. The van der Waals surface area contributed by atoms with E-state index in [1.165, 1.54) is 12.8 Å². The van der Waals surface area contributed by atoms with Gasteiger partial charge in [-0.25, -0.2) is 4.98 Å². The van der Waals surface area contributed by atoms with Crippen LogP contribution in [0.25, 0.3) is 10.9 Å². The van der Waals surface area contributed by atoms with Crippen LogP contribution >= 0.6 is 0 Å². The van der Waals surface area contributed by atoms with Crippen LogP contribution < -0.4 is 10.5 Å². The number of piperazine rings is 1. The minimum Gasteiger partial charge on any atom is -0.387 e. The normalized spacial score (nSPS) is 24.8. The Hall–Kier alpha value is -2.45. The van der Waals surface area contributed by atoms with Gasteiger partial charge in [-0.2, -0.15) is 0 Å². The molecule has 0 spiro atoms. The predicted molar refractivity (Wildman–Crippen MR) is 124 cm³/mol. The third kappa shape index (κ3) is 4.52. The molecular weight excluding hydrogens is 406 g/mol. The zero-order valence-corrected chi connectivity index (χ0v) is 18.9. The van der Waals surface area contributed by atoms with Gasteiger partial charge in [0.25, 0.3) is 5.56 Å². The average molecular weight is 440 g/mol. The quantitative estimate of drug-likeness (QED) is 0.756. The largest absolute Gasteiger partial charge is 0.387 e. The molecule has 3 aliphatic rings. The number of piperidine rings is 1. The molecule has 172 valence electrons. The van der Waals surface area contributed by atoms with Gasteiger partial charge in [0.1, 0.15) is 0 Å². The fourth-order valence-electron chi connectivity index (χ4n) is 5.14. The molecular formula is C24H33N5O3. The first-order chi connectivity index (χ1) is 15.4. The Balaban J connectivity index is 1.22. The number of fused-ring (bicyclic) bond motifs is 1. The van der Waals surface area contributed by atoms with Crippen molar-refractivity contribution < 1.29 is 9.90 Å². The van der Waals surface area contributed by atoms with Gasteiger partial charge in [-0.3, -0.25) is 19.1 Å². The number of likely N-dealkylation sites (tertiary alicyclic amines) is 1. The highest BCUT2D eigenvalue weighted by Gasteiger charge is 2.36. The molecule has 1 unspecified atom stereocenters. The van der Waals surface area contributed by atoms with Crippen molar-refractivity contribution in [2.45, 2.75) is 44.8 Å². The van der Waals surface area contributed by atoms with Crippen molar-refractivity contribution in [3.8, 4) is 0 Å². The molecule has 5 rings (SSSR count). The summed E-state index contributed by atoms with van der Waals surface area (Å²) in [5, 5.41) is 11.7. The minimum atomic E-state index is -0.820. The van der Waals surface area contributed by atoms with Gasteiger partial charge >= 0.3 is 0 Å². The molecule has 8 nitrogen and oxygen atoms in total. The van der Waals surface area contributed by atoms with Gasteiger partial charge in [-0.15, -0.1) is 0 Å². The van der Waals surface area contributed by atoms with Crippen molar-refractivity contribution in [2.75, 3.05) is 50.7 Å². The minimum absolute atomic E-state index is 0.0390. The second kappa shape index (κ2) is 8.48. The van der Waals surface area contributed by atoms with Crippen LogP contribution in [-0.4, -0.2) is 81.8 Å². The maximum absolute atomic E-state index is 12.8. The zero-order chi connectivity index (χ0) is 22.3. The number of aromatic nitrogens is 2. The summed E-state index contributed by atoms with van der Waals surface area (Å²) in [7, 11) is 0. The number of nitrogens with zero attached hydrogens (tertiary/aromatic N) is 5. The Morgan fingerprint density at radius 2 is 1.97 bits per heavy atom. The molecule has 1 atom stereocenters. The highest BCUT2D eigenvalue weighted by molar-refractivity contribution is 5.81. The third-order valence-corrected chi connectivity index (χ3v) is 7.22. The van der Waals surface area contributed by atoms with E-state index in [1.54, 1.807) is 22.7 Å². The Morgan fingerprint density at radius 1 is 1.19 bits per heavy atom. The molecule has 8 heteroatoms. The van der Waals surface area contributed by atoms with Crippen LogP contribution in [0.2, 0.25) is 0 Å². The van der Waals surface area contributed by atoms with E-state index in [1.807, 2.05) is 18.2 Å². The summed E-state index contributed by atoms with van der Waals surface area (Å²) in [6.45, 7) is 7.56. The Bertz CT molecular complexity index is 1060. The van der Waals surface area contributed by atoms with Crippen LogP contribution in [0.15, 0.2) is 29.3 Å². The summed E-state index contributed by atoms with van der Waals surface area (Å²) >= 11 is 0. The number of benzene rings is 1. The monoisotopic (exact) mass is 439 g/mol. The van der Waals surface area contributed by atoms with E-state index in [-0.39, 0.29) is 11.5 Å². The fourth-order valence-corrected chi connectivity index (χ4v) is 5.14. The molecule has 2 saturated heterocycles. The fraction of sp³-hybridized carbons (Fsp3) is 0.625. The molecule has 1 aromatic heterocycles. The van der Waals surface area contributed by atoms with Gasteiger partial charge < -0.3 is 14.9 Å². The van der Waals surface area contributed by atoms with Crippen molar-refractivity contribution in [3.05, 3.63) is 34.9 Å². The number of carbonyl (C=O) groups is 1. The maximum Gasteiger partial charge on any atom is 0.261 e. The van der Waals surface area contributed by atoms with Crippen molar-refractivity contribution in [2.24, 2.45) is 5.92 Å². The number of β-amino-alcohol motifs (C(OH)–C–C–N with tert-alkyl or cyclic N) is 1.